The number of benzene rings is 1. The minimum absolute atomic E-state index is 0.0955. The molecule has 21 heavy (non-hydrogen) atoms. The topological polar surface area (TPSA) is 50.4 Å². The zero-order chi connectivity index (χ0) is 14.8. The third kappa shape index (κ3) is 3.56. The van der Waals surface area contributed by atoms with E-state index < -0.39 is 0 Å². The van der Waals surface area contributed by atoms with Crippen molar-refractivity contribution in [2.24, 2.45) is 0 Å². The molecular weight excluding hydrogens is 264 g/mol. The highest BCUT2D eigenvalue weighted by atomic mass is 16.5. The van der Waals surface area contributed by atoms with Crippen molar-refractivity contribution in [2.75, 3.05) is 7.11 Å². The van der Waals surface area contributed by atoms with Gasteiger partial charge >= 0.3 is 0 Å². The van der Waals surface area contributed by atoms with Gasteiger partial charge in [0, 0.05) is 12.1 Å². The van der Waals surface area contributed by atoms with E-state index in [-0.39, 0.29) is 11.9 Å². The number of amides is 1. The Morgan fingerprint density at radius 3 is 2.71 bits per heavy atom. The van der Waals surface area contributed by atoms with Crippen LogP contribution in [0.5, 0.6) is 5.75 Å². The first-order chi connectivity index (χ1) is 10.2. The fourth-order valence-electron chi connectivity index (χ4n) is 2.90. The maximum Gasteiger partial charge on any atom is 0.237 e. The number of carbonyl (C=O) groups is 1. The Labute approximate surface area is 126 Å². The van der Waals surface area contributed by atoms with Crippen LogP contribution in [0.3, 0.4) is 0 Å². The fourth-order valence-corrected chi connectivity index (χ4v) is 2.90. The molecule has 2 fully saturated rings. The van der Waals surface area contributed by atoms with E-state index in [4.69, 9.17) is 4.74 Å². The molecule has 0 radical (unpaired) electrons. The van der Waals surface area contributed by atoms with Gasteiger partial charge in [-0.25, -0.2) is 0 Å². The Kier molecular flexibility index (Phi) is 4.15. The summed E-state index contributed by atoms with van der Waals surface area (Å²) in [7, 11) is 1.70. The summed E-state index contributed by atoms with van der Waals surface area (Å²) in [4.78, 5) is 11.9. The van der Waals surface area contributed by atoms with E-state index in [0.717, 1.165) is 31.4 Å². The van der Waals surface area contributed by atoms with Crippen LogP contribution in [0.4, 0.5) is 0 Å². The van der Waals surface area contributed by atoms with Crippen molar-refractivity contribution in [1.29, 1.82) is 0 Å². The van der Waals surface area contributed by atoms with E-state index in [0.29, 0.717) is 18.0 Å². The fraction of sp³-hybridized carbons (Fsp3) is 0.588. The van der Waals surface area contributed by atoms with Gasteiger partial charge in [-0.1, -0.05) is 12.1 Å². The molecule has 1 aromatic carbocycles. The van der Waals surface area contributed by atoms with Crippen LogP contribution < -0.4 is 15.4 Å². The van der Waals surface area contributed by atoms with Crippen LogP contribution in [0.25, 0.3) is 0 Å². The van der Waals surface area contributed by atoms with Crippen molar-refractivity contribution < 1.29 is 9.53 Å². The molecule has 4 nitrogen and oxygen atoms in total. The molecule has 2 N–H and O–H groups in total. The molecule has 2 aliphatic carbocycles. The molecule has 1 unspecified atom stereocenters. The maximum absolute atomic E-state index is 11.9. The monoisotopic (exact) mass is 288 g/mol. The summed E-state index contributed by atoms with van der Waals surface area (Å²) in [6.07, 6.45) is 4.46. The lowest BCUT2D eigenvalue weighted by molar-refractivity contribution is -0.123. The van der Waals surface area contributed by atoms with Gasteiger partial charge in [0.05, 0.1) is 13.2 Å². The van der Waals surface area contributed by atoms with E-state index in [1.165, 1.54) is 5.56 Å². The number of ether oxygens (including phenoxy) is 1. The summed E-state index contributed by atoms with van der Waals surface area (Å²) in [5, 5.41) is 6.48. The first-order valence-electron chi connectivity index (χ1n) is 7.86. The van der Waals surface area contributed by atoms with E-state index in [1.807, 2.05) is 19.1 Å². The van der Waals surface area contributed by atoms with Crippen molar-refractivity contribution in [3.8, 4) is 5.75 Å². The van der Waals surface area contributed by atoms with Crippen molar-refractivity contribution in [1.82, 2.24) is 10.6 Å². The van der Waals surface area contributed by atoms with Crippen LogP contribution in [-0.2, 0) is 4.79 Å². The minimum Gasteiger partial charge on any atom is -0.497 e. The predicted molar refractivity (Wildman–Crippen MR) is 82.5 cm³/mol. The van der Waals surface area contributed by atoms with Gasteiger partial charge in [-0.2, -0.15) is 0 Å². The lowest BCUT2D eigenvalue weighted by Crippen LogP contribution is -2.51. The number of rotatable bonds is 6. The van der Waals surface area contributed by atoms with Crippen molar-refractivity contribution >= 4 is 5.91 Å². The molecular formula is C17H24N2O2. The summed E-state index contributed by atoms with van der Waals surface area (Å²) >= 11 is 0. The van der Waals surface area contributed by atoms with Crippen LogP contribution in [0.2, 0.25) is 0 Å². The molecule has 0 aliphatic heterocycles. The van der Waals surface area contributed by atoms with E-state index in [9.17, 15) is 4.79 Å². The number of hydrogen-bond acceptors (Lipinski definition) is 3. The second kappa shape index (κ2) is 6.06. The lowest BCUT2D eigenvalue weighted by Gasteiger charge is -2.38. The van der Waals surface area contributed by atoms with Crippen molar-refractivity contribution in [3.63, 3.8) is 0 Å². The van der Waals surface area contributed by atoms with Crippen LogP contribution in [0, 0.1) is 0 Å². The van der Waals surface area contributed by atoms with E-state index in [1.54, 1.807) is 7.11 Å². The van der Waals surface area contributed by atoms with Crippen LogP contribution in [0.1, 0.15) is 44.1 Å². The standard InChI is InChI=1S/C17H24N2O2/c1-11(17(20)19-14-6-7-14)18-15-8-13(9-15)12-4-3-5-16(10-12)21-2/h3-5,10-11,13-15,18H,6-9H2,1-2H3,(H,19,20). The Morgan fingerprint density at radius 2 is 2.05 bits per heavy atom. The summed E-state index contributed by atoms with van der Waals surface area (Å²) in [5.74, 6) is 1.64. The molecule has 3 rings (SSSR count). The van der Waals surface area contributed by atoms with Crippen molar-refractivity contribution in [3.05, 3.63) is 29.8 Å². The van der Waals surface area contributed by atoms with Gasteiger partial charge in [-0.15, -0.1) is 0 Å². The van der Waals surface area contributed by atoms with Gasteiger partial charge in [0.2, 0.25) is 5.91 Å². The zero-order valence-corrected chi connectivity index (χ0v) is 12.8. The van der Waals surface area contributed by atoms with Crippen LogP contribution in [-0.4, -0.2) is 31.1 Å². The van der Waals surface area contributed by atoms with Crippen LogP contribution in [0.15, 0.2) is 24.3 Å². The average molecular weight is 288 g/mol. The third-order valence-electron chi connectivity index (χ3n) is 4.51. The largest absolute Gasteiger partial charge is 0.497 e. The van der Waals surface area contributed by atoms with Crippen molar-refractivity contribution in [2.45, 2.75) is 56.7 Å². The summed E-state index contributed by atoms with van der Waals surface area (Å²) in [5.41, 5.74) is 1.34. The summed E-state index contributed by atoms with van der Waals surface area (Å²) in [6.45, 7) is 1.95. The molecule has 0 heterocycles. The molecule has 0 saturated heterocycles. The molecule has 2 saturated carbocycles. The average Bonchev–Trinajstić information content (AvgIpc) is 3.26. The van der Waals surface area contributed by atoms with Gasteiger partial charge in [0.1, 0.15) is 5.75 Å². The van der Waals surface area contributed by atoms with Gasteiger partial charge in [-0.3, -0.25) is 4.79 Å². The Hall–Kier alpha value is -1.55. The molecule has 114 valence electrons. The lowest BCUT2D eigenvalue weighted by atomic mass is 9.75. The SMILES string of the molecule is COc1cccc(C2CC(NC(C)C(=O)NC3CC3)C2)c1. The summed E-state index contributed by atoms with van der Waals surface area (Å²) in [6, 6.07) is 9.08. The molecule has 4 heteroatoms. The number of hydrogen-bond donors (Lipinski definition) is 2. The second-order valence-electron chi connectivity index (χ2n) is 6.31. The maximum atomic E-state index is 11.9. The Bertz CT molecular complexity index is 507. The molecule has 1 amide bonds. The highest BCUT2D eigenvalue weighted by molar-refractivity contribution is 5.81. The first kappa shape index (κ1) is 14.4. The predicted octanol–water partition coefficient (Wildman–Crippen LogP) is 2.20. The van der Waals surface area contributed by atoms with Gasteiger partial charge in [0.25, 0.3) is 0 Å². The normalized spacial score (nSPS) is 25.8. The second-order valence-corrected chi connectivity index (χ2v) is 6.31. The Morgan fingerprint density at radius 1 is 1.29 bits per heavy atom. The highest BCUT2D eigenvalue weighted by Gasteiger charge is 2.33. The highest BCUT2D eigenvalue weighted by Crippen LogP contribution is 2.38. The van der Waals surface area contributed by atoms with E-state index >= 15 is 0 Å². The molecule has 1 atom stereocenters. The molecule has 0 aromatic heterocycles. The number of methoxy groups -OCH3 is 1. The molecule has 2 aliphatic rings. The van der Waals surface area contributed by atoms with Gasteiger partial charge in [-0.05, 0) is 56.2 Å². The van der Waals surface area contributed by atoms with Gasteiger partial charge < -0.3 is 15.4 Å². The molecule has 0 spiro atoms. The minimum atomic E-state index is -0.0955. The van der Waals surface area contributed by atoms with E-state index in [2.05, 4.69) is 22.8 Å². The quantitative estimate of drug-likeness (QED) is 0.843. The van der Waals surface area contributed by atoms with Crippen LogP contribution >= 0.6 is 0 Å². The molecule has 0 bridgehead atoms. The first-order valence-corrected chi connectivity index (χ1v) is 7.86. The number of nitrogens with one attached hydrogen (secondary N) is 2. The third-order valence-corrected chi connectivity index (χ3v) is 4.51. The zero-order valence-electron chi connectivity index (χ0n) is 12.8. The summed E-state index contributed by atoms with van der Waals surface area (Å²) < 4.78 is 5.27. The Balaban J connectivity index is 1.45. The smallest absolute Gasteiger partial charge is 0.237 e. The number of carbonyl (C=O) groups excluding carboxylic acids is 1. The molecule has 1 aromatic rings. The van der Waals surface area contributed by atoms with Gasteiger partial charge in [0.15, 0.2) is 0 Å².